The summed E-state index contributed by atoms with van der Waals surface area (Å²) in [7, 11) is -2.77. The second-order valence-electron chi connectivity index (χ2n) is 14.7. The van der Waals surface area contributed by atoms with Crippen molar-refractivity contribution in [1.82, 2.24) is 9.62 Å². The van der Waals surface area contributed by atoms with Gasteiger partial charge in [-0.25, -0.2) is 12.8 Å². The van der Waals surface area contributed by atoms with Crippen molar-refractivity contribution in [1.29, 1.82) is 0 Å². The van der Waals surface area contributed by atoms with Gasteiger partial charge in [-0.3, -0.25) is 23.9 Å². The maximum atomic E-state index is 14.3. The maximum absolute atomic E-state index is 14.3. The van der Waals surface area contributed by atoms with E-state index in [0.717, 1.165) is 6.42 Å². The number of ether oxygens (including phenoxy) is 2. The van der Waals surface area contributed by atoms with Crippen LogP contribution < -0.4 is 4.72 Å². The van der Waals surface area contributed by atoms with E-state index in [0.29, 0.717) is 12.8 Å². The Bertz CT molecular complexity index is 1290. The normalized spacial score (nSPS) is 34.5. The summed E-state index contributed by atoms with van der Waals surface area (Å²) in [5, 5.41) is 10.6. The molecule has 3 fully saturated rings. The van der Waals surface area contributed by atoms with Gasteiger partial charge in [0.15, 0.2) is 5.78 Å². The number of methoxy groups -OCH3 is 1. The number of amides is 2. The predicted molar refractivity (Wildman–Crippen MR) is 163 cm³/mol. The van der Waals surface area contributed by atoms with Crippen LogP contribution in [0.3, 0.4) is 0 Å². The molecular formula is C32H49FN2O9S. The molecule has 13 heteroatoms. The molecule has 0 spiro atoms. The Labute approximate surface area is 265 Å². The molecule has 0 aromatic rings. The number of hydrogen-bond acceptors (Lipinski definition) is 9. The van der Waals surface area contributed by atoms with Crippen molar-refractivity contribution in [2.24, 2.45) is 29.1 Å². The van der Waals surface area contributed by atoms with Gasteiger partial charge in [-0.15, -0.1) is 0 Å². The number of halogens is 1. The minimum absolute atomic E-state index is 0.0451. The number of nitrogens with one attached hydrogen (secondary N) is 1. The molecule has 1 saturated heterocycles. The van der Waals surface area contributed by atoms with E-state index in [4.69, 9.17) is 9.47 Å². The number of allylic oxidation sites excluding steroid dienone is 2. The first kappa shape index (κ1) is 35.5. The van der Waals surface area contributed by atoms with Crippen molar-refractivity contribution in [3.63, 3.8) is 0 Å². The van der Waals surface area contributed by atoms with E-state index in [9.17, 15) is 37.1 Å². The number of fused-ring (bicyclic) bond motifs is 2. The molecule has 2 aliphatic carbocycles. The molecule has 254 valence electrons. The number of ketones is 1. The van der Waals surface area contributed by atoms with Gasteiger partial charge in [0, 0.05) is 33.1 Å². The highest BCUT2D eigenvalue weighted by atomic mass is 32.2. The van der Waals surface area contributed by atoms with E-state index in [2.05, 4.69) is 4.72 Å². The summed E-state index contributed by atoms with van der Waals surface area (Å²) in [6, 6.07) is -1.06. The highest BCUT2D eigenvalue weighted by Gasteiger charge is 2.63. The van der Waals surface area contributed by atoms with Crippen LogP contribution in [0.4, 0.5) is 4.39 Å². The average Bonchev–Trinajstić information content (AvgIpc) is 3.84. The van der Waals surface area contributed by atoms with Gasteiger partial charge >= 0.3 is 5.97 Å². The number of carbonyl (C=O) groups excluding carboxylic acids is 4. The van der Waals surface area contributed by atoms with E-state index in [-0.39, 0.29) is 63.5 Å². The van der Waals surface area contributed by atoms with Gasteiger partial charge in [0.1, 0.15) is 17.0 Å². The molecule has 45 heavy (non-hydrogen) atoms. The molecule has 1 unspecified atom stereocenters. The van der Waals surface area contributed by atoms with E-state index >= 15 is 0 Å². The molecule has 11 nitrogen and oxygen atoms in total. The molecule has 2 heterocycles. The van der Waals surface area contributed by atoms with Crippen molar-refractivity contribution >= 4 is 33.6 Å². The van der Waals surface area contributed by atoms with Crippen molar-refractivity contribution in [3.05, 3.63) is 12.2 Å². The first-order valence-corrected chi connectivity index (χ1v) is 17.5. The Hall–Kier alpha value is -2.38. The SMILES string of the molecule is COC[C@@H]1CC(C)CC/C=C\[C@@H]2C[C@@]2(C(=O)NS(=O)(=O)C2(CF)CC2)CC(=O)[C@@H]2C[C@@H](O)CN2C(=O)[C@H]1CC(=O)OC(C)(C)C. The lowest BCUT2D eigenvalue weighted by Gasteiger charge is -2.34. The lowest BCUT2D eigenvalue weighted by molar-refractivity contribution is -0.160. The monoisotopic (exact) mass is 656 g/mol. The number of esters is 1. The molecule has 0 bridgehead atoms. The molecule has 0 radical (unpaired) electrons. The highest BCUT2D eigenvalue weighted by Crippen LogP contribution is 2.57. The molecule has 0 aromatic carbocycles. The van der Waals surface area contributed by atoms with Crippen LogP contribution in [-0.2, 0) is 38.7 Å². The molecule has 2 saturated carbocycles. The van der Waals surface area contributed by atoms with Gasteiger partial charge in [-0.2, -0.15) is 0 Å². The van der Waals surface area contributed by atoms with Crippen LogP contribution in [0.15, 0.2) is 12.2 Å². The Morgan fingerprint density at radius 3 is 2.49 bits per heavy atom. The molecule has 2 N–H and O–H groups in total. The molecule has 2 amide bonds. The number of aliphatic hydroxyl groups is 1. The summed E-state index contributed by atoms with van der Waals surface area (Å²) in [4.78, 5) is 56.2. The van der Waals surface area contributed by atoms with Gasteiger partial charge in [-0.1, -0.05) is 19.1 Å². The predicted octanol–water partition coefficient (Wildman–Crippen LogP) is 2.85. The molecule has 2 aliphatic heterocycles. The Balaban J connectivity index is 1.66. The Morgan fingerprint density at radius 2 is 1.89 bits per heavy atom. The number of alkyl halides is 1. The largest absolute Gasteiger partial charge is 0.460 e. The number of carbonyl (C=O) groups is 4. The van der Waals surface area contributed by atoms with E-state index < -0.39 is 80.0 Å². The molecule has 4 rings (SSSR count). The number of hydrogen-bond donors (Lipinski definition) is 2. The zero-order valence-corrected chi connectivity index (χ0v) is 27.9. The van der Waals surface area contributed by atoms with Crippen molar-refractivity contribution in [2.75, 3.05) is 26.9 Å². The van der Waals surface area contributed by atoms with Crippen LogP contribution in [0, 0.1) is 29.1 Å². The zero-order chi connectivity index (χ0) is 33.4. The van der Waals surface area contributed by atoms with Crippen molar-refractivity contribution < 1.29 is 46.6 Å². The second kappa shape index (κ2) is 13.4. The Morgan fingerprint density at radius 1 is 1.20 bits per heavy atom. The fourth-order valence-corrected chi connectivity index (χ4v) is 8.38. The van der Waals surface area contributed by atoms with Crippen molar-refractivity contribution in [3.8, 4) is 0 Å². The minimum Gasteiger partial charge on any atom is -0.460 e. The lowest BCUT2D eigenvalue weighted by atomic mass is 9.81. The summed E-state index contributed by atoms with van der Waals surface area (Å²) >= 11 is 0. The van der Waals surface area contributed by atoms with Crippen LogP contribution in [0.2, 0.25) is 0 Å². The lowest BCUT2D eigenvalue weighted by Crippen LogP contribution is -2.49. The molecular weight excluding hydrogens is 607 g/mol. The van der Waals surface area contributed by atoms with Crippen molar-refractivity contribution in [2.45, 2.75) is 108 Å². The third-order valence-electron chi connectivity index (χ3n) is 9.83. The van der Waals surface area contributed by atoms with Gasteiger partial charge < -0.3 is 19.5 Å². The quantitative estimate of drug-likeness (QED) is 0.296. The summed E-state index contributed by atoms with van der Waals surface area (Å²) in [6.45, 7) is 6.24. The van der Waals surface area contributed by atoms with Gasteiger partial charge in [0.25, 0.3) is 0 Å². The smallest absolute Gasteiger partial charge is 0.307 e. The van der Waals surface area contributed by atoms with E-state index in [1.165, 1.54) is 12.0 Å². The Kier molecular flexibility index (Phi) is 10.6. The molecule has 4 aliphatic rings. The number of nitrogens with zero attached hydrogens (tertiary/aromatic N) is 1. The fourth-order valence-electron chi connectivity index (χ4n) is 6.94. The second-order valence-corrected chi connectivity index (χ2v) is 16.8. The van der Waals surface area contributed by atoms with Crippen LogP contribution in [0.25, 0.3) is 0 Å². The van der Waals surface area contributed by atoms with Crippen LogP contribution in [0.1, 0.15) is 85.5 Å². The number of sulfonamides is 1. The number of aliphatic hydroxyl groups excluding tert-OH is 1. The maximum Gasteiger partial charge on any atom is 0.307 e. The first-order chi connectivity index (χ1) is 21.0. The first-order valence-electron chi connectivity index (χ1n) is 16.0. The average molecular weight is 657 g/mol. The summed E-state index contributed by atoms with van der Waals surface area (Å²) in [5.41, 5.74) is -2.14. The zero-order valence-electron chi connectivity index (χ0n) is 27.1. The summed E-state index contributed by atoms with van der Waals surface area (Å²) in [5.74, 6) is -3.87. The van der Waals surface area contributed by atoms with E-state index in [1.54, 1.807) is 20.8 Å². The third kappa shape index (κ3) is 7.96. The number of rotatable bonds is 8. The fraction of sp³-hybridized carbons (Fsp3) is 0.812. The van der Waals surface area contributed by atoms with Gasteiger partial charge in [-0.05, 0) is 77.0 Å². The van der Waals surface area contributed by atoms with Gasteiger partial charge in [0.05, 0.1) is 29.9 Å². The van der Waals surface area contributed by atoms with Crippen LogP contribution >= 0.6 is 0 Å². The molecule has 7 atom stereocenters. The third-order valence-corrected chi connectivity index (χ3v) is 11.9. The van der Waals surface area contributed by atoms with Crippen LogP contribution in [0.5, 0.6) is 0 Å². The number of Topliss-reactive ketones (excluding diaryl/α,β-unsaturated/α-hetero) is 1. The van der Waals surface area contributed by atoms with Gasteiger partial charge in [0.2, 0.25) is 21.8 Å². The van der Waals surface area contributed by atoms with E-state index in [1.807, 2.05) is 19.1 Å². The summed E-state index contributed by atoms with van der Waals surface area (Å²) in [6.07, 6.45) is 4.59. The highest BCUT2D eigenvalue weighted by molar-refractivity contribution is 7.91. The standard InChI is InChI=1S/C32H49FN2O9S/c1-20-8-6-7-9-22-15-32(22,29(40)34-45(41,42)31(19-33)10-11-31)16-26(37)25-13-23(36)17-35(25)28(39)24(21(12-20)18-43-5)14-27(38)44-30(2,3)4/h7,9,20-25,36H,6,8,10-19H2,1-5H3,(H,34,40)/b9-7-/t20?,21-,22+,23+,24-,25-,32+/m0/s1. The topological polar surface area (TPSA) is 156 Å². The molecule has 0 aromatic heterocycles. The van der Waals surface area contributed by atoms with Crippen LogP contribution in [-0.4, -0.2) is 91.4 Å². The summed E-state index contributed by atoms with van der Waals surface area (Å²) < 4.78 is 51.0. The minimum atomic E-state index is -4.30.